The lowest BCUT2D eigenvalue weighted by molar-refractivity contribution is 0.768. The summed E-state index contributed by atoms with van der Waals surface area (Å²) in [5.41, 5.74) is 19.3. The number of aromatic nitrogens is 1. The molecule has 0 unspecified atom stereocenters. The molecule has 0 atom stereocenters. The van der Waals surface area contributed by atoms with Crippen LogP contribution in [0.4, 0.5) is 17.1 Å². The van der Waals surface area contributed by atoms with Gasteiger partial charge in [0.15, 0.2) is 0 Å². The Bertz CT molecular complexity index is 3580. The van der Waals surface area contributed by atoms with Crippen molar-refractivity contribution in [3.8, 4) is 27.9 Å². The van der Waals surface area contributed by atoms with Crippen LogP contribution in [0.5, 0.6) is 0 Å². The Hall–Kier alpha value is -8.20. The van der Waals surface area contributed by atoms with Gasteiger partial charge in [-0.25, -0.2) is 0 Å². The van der Waals surface area contributed by atoms with Crippen LogP contribution in [-0.2, 0) is 11.8 Å². The van der Waals surface area contributed by atoms with Crippen LogP contribution in [0.2, 0.25) is 0 Å². The maximum absolute atomic E-state index is 2.46. The molecule has 10 aromatic carbocycles. The maximum Gasteiger partial charge on any atom is 0.0714 e. The molecule has 0 aliphatic heterocycles. The van der Waals surface area contributed by atoms with Crippen LogP contribution < -0.4 is 4.90 Å². The summed E-state index contributed by atoms with van der Waals surface area (Å²) in [6.45, 7) is 0. The standard InChI is InChI=1S/C62H42N2/c1-4-18-47(19-5-1)62(48-20-6-2-7-21-48)58-26-13-12-24-54(58)55-37-35-52(41-59(55)62)63(51-34-29-42-15-10-11-16-45(42)39-51)50-32-27-43(28-33-50)46-31-38-60-57(40-46)56-36-30-44-17-14-25-53(44)61(56)64(60)49-22-8-3-9-23-49/h1-16,18-41H,17H2. The lowest BCUT2D eigenvalue weighted by Gasteiger charge is -2.35. The van der Waals surface area contributed by atoms with Crippen molar-refractivity contribution in [3.63, 3.8) is 0 Å². The van der Waals surface area contributed by atoms with Crippen LogP contribution in [-0.4, -0.2) is 4.57 Å². The first-order chi connectivity index (χ1) is 31.7. The molecule has 0 radical (unpaired) electrons. The van der Waals surface area contributed by atoms with E-state index < -0.39 is 5.41 Å². The van der Waals surface area contributed by atoms with Crippen molar-refractivity contribution in [2.24, 2.45) is 0 Å². The highest BCUT2D eigenvalue weighted by Crippen LogP contribution is 2.57. The van der Waals surface area contributed by atoms with E-state index in [1.165, 1.54) is 93.9 Å². The van der Waals surface area contributed by atoms with E-state index in [0.29, 0.717) is 0 Å². The van der Waals surface area contributed by atoms with Gasteiger partial charge in [-0.05, 0) is 128 Å². The molecular formula is C62H42N2. The summed E-state index contributed by atoms with van der Waals surface area (Å²) in [7, 11) is 0. The van der Waals surface area contributed by atoms with Gasteiger partial charge in [-0.1, -0.05) is 182 Å². The molecule has 11 aromatic rings. The number of hydrogen-bond donors (Lipinski definition) is 0. The molecule has 2 aliphatic rings. The first-order valence-corrected chi connectivity index (χ1v) is 22.3. The third kappa shape index (κ3) is 5.46. The molecule has 2 aliphatic carbocycles. The number of fused-ring (bicyclic) bond motifs is 9. The topological polar surface area (TPSA) is 8.17 Å². The zero-order valence-electron chi connectivity index (χ0n) is 35.2. The Labute approximate surface area is 373 Å². The van der Waals surface area contributed by atoms with Gasteiger partial charge in [0.05, 0.1) is 16.4 Å². The van der Waals surface area contributed by atoms with Gasteiger partial charge >= 0.3 is 0 Å². The first-order valence-electron chi connectivity index (χ1n) is 22.3. The van der Waals surface area contributed by atoms with Gasteiger partial charge in [0.1, 0.15) is 0 Å². The highest BCUT2D eigenvalue weighted by atomic mass is 15.1. The van der Waals surface area contributed by atoms with E-state index in [-0.39, 0.29) is 0 Å². The van der Waals surface area contributed by atoms with E-state index >= 15 is 0 Å². The van der Waals surface area contributed by atoms with E-state index in [4.69, 9.17) is 0 Å². The Kier molecular flexibility index (Phi) is 8.23. The fraction of sp³-hybridized carbons (Fsp3) is 0.0323. The van der Waals surface area contributed by atoms with Crippen molar-refractivity contribution < 1.29 is 0 Å². The summed E-state index contributed by atoms with van der Waals surface area (Å²) in [5.74, 6) is 0. The monoisotopic (exact) mass is 814 g/mol. The molecular weight excluding hydrogens is 773 g/mol. The molecule has 0 saturated carbocycles. The number of rotatable bonds is 7. The van der Waals surface area contributed by atoms with Crippen molar-refractivity contribution in [1.29, 1.82) is 0 Å². The third-order valence-corrected chi connectivity index (χ3v) is 13.8. The molecule has 0 amide bonds. The molecule has 0 bridgehead atoms. The van der Waals surface area contributed by atoms with E-state index in [2.05, 4.69) is 252 Å². The second kappa shape index (κ2) is 14.4. The minimum atomic E-state index is -0.498. The van der Waals surface area contributed by atoms with Crippen molar-refractivity contribution in [2.75, 3.05) is 4.90 Å². The molecule has 64 heavy (non-hydrogen) atoms. The van der Waals surface area contributed by atoms with Gasteiger partial charge < -0.3 is 9.47 Å². The van der Waals surface area contributed by atoms with Crippen molar-refractivity contribution >= 4 is 55.7 Å². The molecule has 1 heterocycles. The third-order valence-electron chi connectivity index (χ3n) is 13.8. The smallest absolute Gasteiger partial charge is 0.0714 e. The van der Waals surface area contributed by atoms with E-state index in [0.717, 1.165) is 23.5 Å². The molecule has 1 aromatic heterocycles. The van der Waals surface area contributed by atoms with E-state index in [9.17, 15) is 0 Å². The average Bonchev–Trinajstić information content (AvgIpc) is 4.07. The highest BCUT2D eigenvalue weighted by molar-refractivity contribution is 6.13. The van der Waals surface area contributed by atoms with Crippen molar-refractivity contribution in [3.05, 3.63) is 270 Å². The zero-order valence-corrected chi connectivity index (χ0v) is 35.2. The Balaban J connectivity index is 0.980. The van der Waals surface area contributed by atoms with Crippen molar-refractivity contribution in [1.82, 2.24) is 4.57 Å². The largest absolute Gasteiger partial charge is 0.310 e. The van der Waals surface area contributed by atoms with Gasteiger partial charge in [-0.3, -0.25) is 0 Å². The second-order valence-corrected chi connectivity index (χ2v) is 17.2. The van der Waals surface area contributed by atoms with Crippen LogP contribution in [0, 0.1) is 0 Å². The van der Waals surface area contributed by atoms with Crippen LogP contribution in [0.1, 0.15) is 33.4 Å². The fourth-order valence-electron chi connectivity index (χ4n) is 11.0. The van der Waals surface area contributed by atoms with Crippen LogP contribution in [0.3, 0.4) is 0 Å². The van der Waals surface area contributed by atoms with Gasteiger partial charge in [0.2, 0.25) is 0 Å². The second-order valence-electron chi connectivity index (χ2n) is 17.2. The Morgan fingerprint density at radius 1 is 0.422 bits per heavy atom. The van der Waals surface area contributed by atoms with Crippen LogP contribution >= 0.6 is 0 Å². The number of para-hydroxylation sites is 1. The molecule has 300 valence electrons. The highest BCUT2D eigenvalue weighted by Gasteiger charge is 2.46. The van der Waals surface area contributed by atoms with Gasteiger partial charge in [0.25, 0.3) is 0 Å². The number of benzene rings is 10. The predicted molar refractivity (Wildman–Crippen MR) is 268 cm³/mol. The van der Waals surface area contributed by atoms with Gasteiger partial charge in [-0.2, -0.15) is 0 Å². The minimum absolute atomic E-state index is 0.498. The Morgan fingerprint density at radius 3 is 1.83 bits per heavy atom. The lowest BCUT2D eigenvalue weighted by Crippen LogP contribution is -2.28. The van der Waals surface area contributed by atoms with Crippen LogP contribution in [0.15, 0.2) is 237 Å². The fourth-order valence-corrected chi connectivity index (χ4v) is 11.0. The summed E-state index contributed by atoms with van der Waals surface area (Å²) >= 11 is 0. The number of allylic oxidation sites excluding steroid dienone is 1. The molecule has 2 nitrogen and oxygen atoms in total. The number of hydrogen-bond acceptors (Lipinski definition) is 1. The summed E-state index contributed by atoms with van der Waals surface area (Å²) in [6, 6.07) is 85.4. The lowest BCUT2D eigenvalue weighted by atomic mass is 9.67. The van der Waals surface area contributed by atoms with Gasteiger partial charge in [0, 0.05) is 39.1 Å². The Morgan fingerprint density at radius 2 is 1.05 bits per heavy atom. The molecule has 0 saturated heterocycles. The molecule has 2 heteroatoms. The SMILES string of the molecule is C1=Cc2c(ccc3c4cc(-c5ccc(N(c6ccc7c(c6)C(c6ccccc6)(c6ccccc6)c6ccccc6-7)c6ccc7ccccc7c6)cc5)ccc4n(-c4ccccc4)c23)C1. The number of nitrogens with zero attached hydrogens (tertiary/aromatic N) is 2. The minimum Gasteiger partial charge on any atom is -0.310 e. The van der Waals surface area contributed by atoms with Crippen LogP contribution in [0.25, 0.3) is 66.6 Å². The zero-order chi connectivity index (χ0) is 42.2. The van der Waals surface area contributed by atoms with Gasteiger partial charge in [-0.15, -0.1) is 0 Å². The van der Waals surface area contributed by atoms with E-state index in [1.807, 2.05) is 0 Å². The molecule has 0 fully saturated rings. The quantitative estimate of drug-likeness (QED) is 0.156. The summed E-state index contributed by atoms with van der Waals surface area (Å²) in [6.07, 6.45) is 5.57. The van der Waals surface area contributed by atoms with E-state index in [1.54, 1.807) is 0 Å². The molecule has 0 spiro atoms. The average molecular weight is 815 g/mol. The summed E-state index contributed by atoms with van der Waals surface area (Å²) in [5, 5.41) is 4.98. The molecule has 0 N–H and O–H groups in total. The molecule has 13 rings (SSSR count). The maximum atomic E-state index is 2.46. The predicted octanol–water partition coefficient (Wildman–Crippen LogP) is 16.0. The normalized spacial score (nSPS) is 13.3. The first kappa shape index (κ1) is 36.5. The summed E-state index contributed by atoms with van der Waals surface area (Å²) < 4.78 is 2.45. The number of anilines is 3. The summed E-state index contributed by atoms with van der Waals surface area (Å²) in [4.78, 5) is 2.44. The van der Waals surface area contributed by atoms with Crippen molar-refractivity contribution in [2.45, 2.75) is 11.8 Å².